The van der Waals surface area contributed by atoms with Crippen molar-refractivity contribution in [3.8, 4) is 0 Å². The van der Waals surface area contributed by atoms with Gasteiger partial charge in [0, 0.05) is 18.7 Å². The molecule has 1 aliphatic heterocycles. The average molecular weight is 415 g/mol. The van der Waals surface area contributed by atoms with E-state index in [2.05, 4.69) is 15.9 Å². The number of hydrogen-bond acceptors (Lipinski definition) is 3. The lowest BCUT2D eigenvalue weighted by atomic mass is 9.81. The Morgan fingerprint density at radius 3 is 2.42 bits per heavy atom. The monoisotopic (exact) mass is 414 g/mol. The van der Waals surface area contributed by atoms with Gasteiger partial charge < -0.3 is 4.90 Å². The lowest BCUT2D eigenvalue weighted by molar-refractivity contribution is -0.384. The molecule has 2 aromatic carbocycles. The number of nitro groups is 1. The maximum atomic E-state index is 12.9. The Balaban J connectivity index is 1.94. The number of β-lactam (4-membered cyclic amide) rings is 1. The molecule has 2 atom stereocenters. The first kappa shape index (κ1) is 18.3. The highest BCUT2D eigenvalue weighted by Gasteiger charge is 2.58. The van der Waals surface area contributed by atoms with Crippen molar-refractivity contribution in [3.05, 3.63) is 88.0 Å². The summed E-state index contributed by atoms with van der Waals surface area (Å²) in [5.74, 6) is -0.00518. The van der Waals surface area contributed by atoms with Gasteiger partial charge in [-0.15, -0.1) is 0 Å². The molecule has 2 aromatic rings. The summed E-state index contributed by atoms with van der Waals surface area (Å²) >= 11 is 3.63. The third-order valence-electron chi connectivity index (χ3n) is 4.51. The van der Waals surface area contributed by atoms with Gasteiger partial charge in [0.2, 0.25) is 5.91 Å². The van der Waals surface area contributed by atoms with Gasteiger partial charge in [0.05, 0.1) is 11.0 Å². The first-order chi connectivity index (χ1) is 12.5. The van der Waals surface area contributed by atoms with Crippen molar-refractivity contribution in [3.63, 3.8) is 0 Å². The Morgan fingerprint density at radius 2 is 1.85 bits per heavy atom. The van der Waals surface area contributed by atoms with Gasteiger partial charge in [-0.2, -0.15) is 0 Å². The molecule has 5 nitrogen and oxygen atoms in total. The molecule has 0 unspecified atom stereocenters. The number of nitro benzene ring substituents is 1. The number of amides is 1. The lowest BCUT2D eigenvalue weighted by Crippen LogP contribution is -2.63. The van der Waals surface area contributed by atoms with Crippen LogP contribution in [0.15, 0.2) is 66.7 Å². The van der Waals surface area contributed by atoms with E-state index in [0.29, 0.717) is 6.54 Å². The molecule has 6 heteroatoms. The van der Waals surface area contributed by atoms with Gasteiger partial charge >= 0.3 is 0 Å². The number of benzene rings is 2. The number of carbonyl (C=O) groups is 1. The quantitative estimate of drug-likeness (QED) is 0.224. The Bertz CT molecular complexity index is 836. The van der Waals surface area contributed by atoms with Crippen LogP contribution >= 0.6 is 15.9 Å². The van der Waals surface area contributed by atoms with Crippen LogP contribution in [-0.2, 0) is 11.3 Å². The van der Waals surface area contributed by atoms with E-state index in [-0.39, 0.29) is 17.6 Å². The van der Waals surface area contributed by atoms with Crippen LogP contribution in [0.2, 0.25) is 0 Å². The Hall–Kier alpha value is -2.47. The summed E-state index contributed by atoms with van der Waals surface area (Å²) in [6.07, 6.45) is 4.68. The van der Waals surface area contributed by atoms with E-state index in [1.54, 1.807) is 17.0 Å². The standard InChI is InChI=1S/C20H19BrN2O3/c1-2-3-13-20(21)18(16-9-11-17(12-10-16)23(25)26)22(19(20)24)14-15-7-5-4-6-8-15/h3-13,18H,2,14H2,1H3/b13-3+/t18-,20+/m1/s1. The summed E-state index contributed by atoms with van der Waals surface area (Å²) in [5, 5.41) is 10.9. The van der Waals surface area contributed by atoms with Crippen LogP contribution in [0.1, 0.15) is 30.5 Å². The number of carbonyl (C=O) groups excluding carboxylic acids is 1. The predicted molar refractivity (Wildman–Crippen MR) is 104 cm³/mol. The molecule has 1 saturated heterocycles. The first-order valence-corrected chi connectivity index (χ1v) is 9.22. The maximum Gasteiger partial charge on any atom is 0.269 e. The molecule has 1 amide bonds. The fraction of sp³-hybridized carbons (Fsp3) is 0.250. The minimum atomic E-state index is -0.812. The van der Waals surface area contributed by atoms with E-state index >= 15 is 0 Å². The van der Waals surface area contributed by atoms with Crippen molar-refractivity contribution in [2.75, 3.05) is 0 Å². The third kappa shape index (κ3) is 3.29. The molecule has 1 fully saturated rings. The SMILES string of the molecule is CC/C=C/[C@@]1(Br)C(=O)N(Cc2ccccc2)[C@@H]1c1ccc([N+](=O)[O-])cc1. The van der Waals surface area contributed by atoms with E-state index in [9.17, 15) is 14.9 Å². The topological polar surface area (TPSA) is 63.5 Å². The molecule has 1 heterocycles. The normalized spacial score (nSPS) is 22.5. The molecule has 0 N–H and O–H groups in total. The molecule has 0 bridgehead atoms. The zero-order valence-electron chi connectivity index (χ0n) is 14.3. The van der Waals surface area contributed by atoms with Gasteiger partial charge in [0.25, 0.3) is 5.69 Å². The molecule has 26 heavy (non-hydrogen) atoms. The van der Waals surface area contributed by atoms with Crippen LogP contribution in [0.3, 0.4) is 0 Å². The summed E-state index contributed by atoms with van der Waals surface area (Å²) in [6, 6.07) is 16.0. The molecule has 1 aliphatic rings. The molecular weight excluding hydrogens is 396 g/mol. The van der Waals surface area contributed by atoms with Gasteiger partial charge in [-0.25, -0.2) is 0 Å². The molecule has 0 spiro atoms. The molecule has 0 aliphatic carbocycles. The van der Waals surface area contributed by atoms with Crippen LogP contribution in [0, 0.1) is 10.1 Å². The summed E-state index contributed by atoms with van der Waals surface area (Å²) in [6.45, 7) is 2.51. The van der Waals surface area contributed by atoms with Crippen molar-refractivity contribution in [1.29, 1.82) is 0 Å². The van der Waals surface area contributed by atoms with Crippen LogP contribution in [0.25, 0.3) is 0 Å². The zero-order chi connectivity index (χ0) is 18.7. The maximum absolute atomic E-state index is 12.9. The van der Waals surface area contributed by atoms with Crippen molar-refractivity contribution in [1.82, 2.24) is 4.90 Å². The van der Waals surface area contributed by atoms with Gasteiger partial charge in [-0.1, -0.05) is 77.5 Å². The number of hydrogen-bond donors (Lipinski definition) is 0. The number of allylic oxidation sites excluding steroid dienone is 1. The molecule has 3 rings (SSSR count). The highest BCUT2D eigenvalue weighted by atomic mass is 79.9. The Morgan fingerprint density at radius 1 is 1.19 bits per heavy atom. The average Bonchev–Trinajstić information content (AvgIpc) is 2.66. The number of alkyl halides is 1. The van der Waals surface area contributed by atoms with Crippen molar-refractivity contribution >= 4 is 27.5 Å². The van der Waals surface area contributed by atoms with Gasteiger partial charge in [-0.05, 0) is 17.5 Å². The zero-order valence-corrected chi connectivity index (χ0v) is 15.9. The smallest absolute Gasteiger partial charge is 0.269 e. The van der Waals surface area contributed by atoms with Gasteiger partial charge in [0.15, 0.2) is 0 Å². The summed E-state index contributed by atoms with van der Waals surface area (Å²) in [4.78, 5) is 25.2. The van der Waals surface area contributed by atoms with Gasteiger partial charge in [0.1, 0.15) is 4.32 Å². The molecule has 0 radical (unpaired) electrons. The number of non-ortho nitro benzene ring substituents is 1. The number of halogens is 1. The fourth-order valence-electron chi connectivity index (χ4n) is 3.21. The first-order valence-electron chi connectivity index (χ1n) is 8.43. The molecule has 0 saturated carbocycles. The van der Waals surface area contributed by atoms with E-state index in [1.165, 1.54) is 12.1 Å². The molecule has 0 aromatic heterocycles. The van der Waals surface area contributed by atoms with Crippen molar-refractivity contribution < 1.29 is 9.72 Å². The van der Waals surface area contributed by atoms with E-state index < -0.39 is 9.25 Å². The van der Waals surface area contributed by atoms with Crippen molar-refractivity contribution in [2.24, 2.45) is 0 Å². The lowest BCUT2D eigenvalue weighted by Gasteiger charge is -2.52. The second-order valence-corrected chi connectivity index (χ2v) is 7.56. The Kier molecular flexibility index (Phi) is 5.23. The fourth-order valence-corrected chi connectivity index (χ4v) is 4.14. The van der Waals surface area contributed by atoms with E-state index in [4.69, 9.17) is 0 Å². The number of nitrogens with zero attached hydrogens (tertiary/aromatic N) is 2. The van der Waals surface area contributed by atoms with E-state index in [0.717, 1.165) is 17.5 Å². The highest BCUT2D eigenvalue weighted by Crippen LogP contribution is 2.51. The predicted octanol–water partition coefficient (Wildman–Crippen LogP) is 4.78. The number of likely N-dealkylation sites (tertiary alicyclic amines) is 1. The minimum absolute atomic E-state index is 0.00518. The van der Waals surface area contributed by atoms with Gasteiger partial charge in [-0.3, -0.25) is 14.9 Å². The van der Waals surface area contributed by atoms with Crippen LogP contribution in [-0.4, -0.2) is 20.1 Å². The van der Waals surface area contributed by atoms with Crippen LogP contribution < -0.4 is 0 Å². The minimum Gasteiger partial charge on any atom is -0.327 e. The van der Waals surface area contributed by atoms with Crippen LogP contribution in [0.5, 0.6) is 0 Å². The largest absolute Gasteiger partial charge is 0.327 e. The third-order valence-corrected chi connectivity index (χ3v) is 5.55. The molecular formula is C20H19BrN2O3. The second kappa shape index (κ2) is 7.41. The summed E-state index contributed by atoms with van der Waals surface area (Å²) in [7, 11) is 0. The Labute approximate surface area is 160 Å². The van der Waals surface area contributed by atoms with Crippen LogP contribution in [0.4, 0.5) is 5.69 Å². The second-order valence-electron chi connectivity index (χ2n) is 6.25. The summed E-state index contributed by atoms with van der Waals surface area (Å²) < 4.78 is -0.812. The van der Waals surface area contributed by atoms with E-state index in [1.807, 2.05) is 49.4 Å². The molecule has 134 valence electrons. The number of rotatable bonds is 6. The van der Waals surface area contributed by atoms with Crippen molar-refractivity contribution in [2.45, 2.75) is 30.3 Å². The highest BCUT2D eigenvalue weighted by molar-refractivity contribution is 9.10. The summed E-state index contributed by atoms with van der Waals surface area (Å²) in [5.41, 5.74) is 1.95.